The van der Waals surface area contributed by atoms with Crippen molar-refractivity contribution < 1.29 is 0 Å². The third-order valence-corrected chi connectivity index (χ3v) is 3.89. The molecule has 0 bridgehead atoms. The molecule has 1 saturated carbocycles. The highest BCUT2D eigenvalue weighted by Gasteiger charge is 2.31. The summed E-state index contributed by atoms with van der Waals surface area (Å²) in [6.45, 7) is 15.1. The summed E-state index contributed by atoms with van der Waals surface area (Å²) in [4.78, 5) is 0. The van der Waals surface area contributed by atoms with Crippen molar-refractivity contribution in [3.63, 3.8) is 0 Å². The zero-order valence-corrected chi connectivity index (χ0v) is 10.3. The summed E-state index contributed by atoms with van der Waals surface area (Å²) < 4.78 is 0. The van der Waals surface area contributed by atoms with E-state index >= 15 is 0 Å². The summed E-state index contributed by atoms with van der Waals surface area (Å²) in [5.74, 6) is 1.71. The van der Waals surface area contributed by atoms with Gasteiger partial charge in [-0.2, -0.15) is 0 Å². The van der Waals surface area contributed by atoms with Gasteiger partial charge in [-0.3, -0.25) is 0 Å². The minimum atomic E-state index is 0.666. The van der Waals surface area contributed by atoms with E-state index in [2.05, 4.69) is 33.9 Å². The largest absolute Gasteiger partial charge is 0.163 e. The van der Waals surface area contributed by atoms with Crippen molar-refractivity contribution in [2.24, 2.45) is 5.92 Å². The number of rotatable bonds is 3. The molecule has 0 aliphatic heterocycles. The first-order chi connectivity index (χ1) is 6.54. The topological polar surface area (TPSA) is 0 Å². The molecule has 2 atom stereocenters. The van der Waals surface area contributed by atoms with E-state index in [-0.39, 0.29) is 0 Å². The van der Waals surface area contributed by atoms with Crippen LogP contribution in [0.15, 0.2) is 12.1 Å². The van der Waals surface area contributed by atoms with Crippen LogP contribution in [0.4, 0.5) is 0 Å². The summed E-state index contributed by atoms with van der Waals surface area (Å²) in [7, 11) is 0. The molecular weight excluding hydrogens is 166 g/mol. The van der Waals surface area contributed by atoms with Gasteiger partial charge in [0.2, 0.25) is 0 Å². The zero-order chi connectivity index (χ0) is 10.7. The third-order valence-electron chi connectivity index (χ3n) is 3.89. The van der Waals surface area contributed by atoms with Gasteiger partial charge in [0, 0.05) is 0 Å². The zero-order valence-electron chi connectivity index (χ0n) is 10.3. The molecule has 0 nitrogen and oxygen atoms in total. The van der Waals surface area contributed by atoms with Crippen LogP contribution in [0.1, 0.15) is 25.7 Å². The summed E-state index contributed by atoms with van der Waals surface area (Å²) in [6.07, 6.45) is 5.66. The van der Waals surface area contributed by atoms with Crippen LogP contribution < -0.4 is 0 Å². The molecule has 0 unspecified atom stereocenters. The van der Waals surface area contributed by atoms with E-state index in [0.29, 0.717) is 6.71 Å². The van der Waals surface area contributed by atoms with Crippen molar-refractivity contribution in [3.05, 3.63) is 12.1 Å². The van der Waals surface area contributed by atoms with E-state index in [1.165, 1.54) is 31.2 Å². The van der Waals surface area contributed by atoms with E-state index in [1.807, 2.05) is 0 Å². The van der Waals surface area contributed by atoms with Crippen LogP contribution in [0.3, 0.4) is 0 Å². The molecule has 78 valence electrons. The SMILES string of the molecule is C=C(B(C)C)[C@@H]1CCCC[C@@H]1B(C)C. The highest BCUT2D eigenvalue weighted by Crippen LogP contribution is 2.41. The van der Waals surface area contributed by atoms with Gasteiger partial charge in [0.25, 0.3) is 0 Å². The summed E-state index contributed by atoms with van der Waals surface area (Å²) in [6, 6.07) is 0. The molecule has 1 aliphatic carbocycles. The lowest BCUT2D eigenvalue weighted by molar-refractivity contribution is 0.407. The summed E-state index contributed by atoms with van der Waals surface area (Å²) in [5.41, 5.74) is 1.50. The van der Waals surface area contributed by atoms with Crippen LogP contribution in [0.2, 0.25) is 33.1 Å². The third kappa shape index (κ3) is 2.68. The summed E-state index contributed by atoms with van der Waals surface area (Å²) >= 11 is 0. The first-order valence-electron chi connectivity index (χ1n) is 6.22. The van der Waals surface area contributed by atoms with Crippen molar-refractivity contribution in [2.45, 2.75) is 58.8 Å². The first-order valence-corrected chi connectivity index (χ1v) is 6.22. The Labute approximate surface area is 90.7 Å². The van der Waals surface area contributed by atoms with Gasteiger partial charge in [-0.1, -0.05) is 52.4 Å². The maximum Gasteiger partial charge on any atom is 0.163 e. The summed E-state index contributed by atoms with van der Waals surface area (Å²) in [5, 5.41) is 0. The predicted molar refractivity (Wildman–Crippen MR) is 69.8 cm³/mol. The lowest BCUT2D eigenvalue weighted by atomic mass is 9.35. The van der Waals surface area contributed by atoms with E-state index in [9.17, 15) is 0 Å². The lowest BCUT2D eigenvalue weighted by Crippen LogP contribution is -2.29. The van der Waals surface area contributed by atoms with Crippen LogP contribution >= 0.6 is 0 Å². The van der Waals surface area contributed by atoms with Gasteiger partial charge in [-0.15, -0.1) is 12.1 Å². The standard InChI is InChI=1S/C12H24B2/c1-10(13(2)3)11-8-6-7-9-12(11)14(4)5/h11-12H,1,6-9H2,2-5H3/t11-,12-/m0/s1. The Bertz CT molecular complexity index is 196. The second kappa shape index (κ2) is 5.09. The van der Waals surface area contributed by atoms with Crippen molar-refractivity contribution >= 4 is 13.4 Å². The molecular formula is C12H24B2. The molecule has 0 saturated heterocycles. The molecule has 0 heterocycles. The fourth-order valence-electron chi connectivity index (χ4n) is 2.85. The van der Waals surface area contributed by atoms with Crippen LogP contribution in [0.25, 0.3) is 0 Å². The molecule has 0 aromatic carbocycles. The number of allylic oxidation sites excluding steroid dienone is 1. The molecule has 1 rings (SSSR count). The molecule has 0 aromatic rings. The fraction of sp³-hybridized carbons (Fsp3) is 0.833. The van der Waals surface area contributed by atoms with Gasteiger partial charge < -0.3 is 0 Å². The molecule has 0 aromatic heterocycles. The van der Waals surface area contributed by atoms with E-state index < -0.39 is 0 Å². The molecule has 0 amide bonds. The lowest BCUT2D eigenvalue weighted by Gasteiger charge is -2.36. The quantitative estimate of drug-likeness (QED) is 0.586. The molecule has 0 spiro atoms. The van der Waals surface area contributed by atoms with Gasteiger partial charge in [0.1, 0.15) is 6.71 Å². The van der Waals surface area contributed by atoms with Crippen LogP contribution in [0.5, 0.6) is 0 Å². The Morgan fingerprint density at radius 1 is 1.07 bits per heavy atom. The van der Waals surface area contributed by atoms with Crippen LogP contribution in [-0.2, 0) is 0 Å². The predicted octanol–water partition coefficient (Wildman–Crippen LogP) is 4.15. The molecule has 1 aliphatic rings. The average Bonchev–Trinajstić information content (AvgIpc) is 2.16. The molecule has 2 heteroatoms. The Morgan fingerprint density at radius 2 is 1.64 bits per heavy atom. The first kappa shape index (κ1) is 11.9. The fourth-order valence-corrected chi connectivity index (χ4v) is 2.85. The minimum absolute atomic E-state index is 0.666. The normalized spacial score (nSPS) is 27.1. The van der Waals surface area contributed by atoms with E-state index in [4.69, 9.17) is 0 Å². The Balaban J connectivity index is 2.67. The molecule has 14 heavy (non-hydrogen) atoms. The van der Waals surface area contributed by atoms with Crippen molar-refractivity contribution in [1.29, 1.82) is 0 Å². The average molecular weight is 190 g/mol. The maximum atomic E-state index is 4.31. The van der Waals surface area contributed by atoms with Crippen molar-refractivity contribution in [2.75, 3.05) is 0 Å². The highest BCUT2D eigenvalue weighted by atomic mass is 14.2. The Kier molecular flexibility index (Phi) is 4.34. The van der Waals surface area contributed by atoms with Crippen LogP contribution in [-0.4, -0.2) is 13.4 Å². The Morgan fingerprint density at radius 3 is 2.14 bits per heavy atom. The van der Waals surface area contributed by atoms with Gasteiger partial charge in [-0.05, 0) is 12.3 Å². The van der Waals surface area contributed by atoms with Gasteiger partial charge in [0.05, 0.1) is 0 Å². The number of hydrogen-bond acceptors (Lipinski definition) is 0. The maximum absolute atomic E-state index is 4.31. The second-order valence-electron chi connectivity index (χ2n) is 5.53. The van der Waals surface area contributed by atoms with Gasteiger partial charge in [-0.25, -0.2) is 0 Å². The Hall–Kier alpha value is -0.130. The van der Waals surface area contributed by atoms with E-state index in [0.717, 1.165) is 18.4 Å². The molecule has 0 N–H and O–H groups in total. The smallest absolute Gasteiger partial charge is 0.108 e. The van der Waals surface area contributed by atoms with E-state index in [1.54, 1.807) is 0 Å². The van der Waals surface area contributed by atoms with Crippen LogP contribution in [0, 0.1) is 5.92 Å². The number of hydrogen-bond donors (Lipinski definition) is 0. The second-order valence-corrected chi connectivity index (χ2v) is 5.53. The molecule has 0 radical (unpaired) electrons. The minimum Gasteiger partial charge on any atom is -0.108 e. The highest BCUT2D eigenvalue weighted by molar-refractivity contribution is 6.64. The monoisotopic (exact) mass is 190 g/mol. The van der Waals surface area contributed by atoms with Gasteiger partial charge >= 0.3 is 0 Å². The van der Waals surface area contributed by atoms with Gasteiger partial charge in [0.15, 0.2) is 6.71 Å². The van der Waals surface area contributed by atoms with Crippen molar-refractivity contribution in [1.82, 2.24) is 0 Å². The van der Waals surface area contributed by atoms with Crippen molar-refractivity contribution in [3.8, 4) is 0 Å². The molecule has 1 fully saturated rings.